The average molecular weight is 433 g/mol. The lowest BCUT2D eigenvalue weighted by molar-refractivity contribution is -0.289. The molecule has 0 spiro atoms. The molecule has 0 aromatic heterocycles. The second-order valence-electron chi connectivity index (χ2n) is 5.80. The minimum Gasteiger partial charge on any atom is -0.456 e. The molecular formula is C20H11Cl2F5O. The molecule has 0 saturated heterocycles. The molecule has 3 rings (SSSR count). The second-order valence-corrected chi connectivity index (χ2v) is 6.58. The first-order valence-electron chi connectivity index (χ1n) is 7.87. The van der Waals surface area contributed by atoms with Gasteiger partial charge >= 0.3 is 12.1 Å². The van der Waals surface area contributed by atoms with E-state index in [-0.39, 0.29) is 32.7 Å². The molecular weight excluding hydrogens is 422 g/mol. The minimum absolute atomic E-state index is 0.134. The smallest absolute Gasteiger partial charge is 0.456 e. The predicted molar refractivity (Wildman–Crippen MR) is 98.4 cm³/mol. The van der Waals surface area contributed by atoms with Crippen molar-refractivity contribution >= 4 is 23.2 Å². The van der Waals surface area contributed by atoms with Gasteiger partial charge in [-0.3, -0.25) is 0 Å². The number of halogens is 7. The van der Waals surface area contributed by atoms with E-state index in [0.717, 1.165) is 12.1 Å². The summed E-state index contributed by atoms with van der Waals surface area (Å²) in [7, 11) is 0. The first-order valence-corrected chi connectivity index (χ1v) is 8.63. The van der Waals surface area contributed by atoms with Gasteiger partial charge in [0.15, 0.2) is 0 Å². The van der Waals surface area contributed by atoms with Gasteiger partial charge in [-0.25, -0.2) is 0 Å². The largest absolute Gasteiger partial charge is 0.458 e. The van der Waals surface area contributed by atoms with Gasteiger partial charge in [-0.1, -0.05) is 65.7 Å². The maximum atomic E-state index is 14.0. The molecule has 0 saturated carbocycles. The van der Waals surface area contributed by atoms with Gasteiger partial charge in [-0.15, -0.1) is 0 Å². The number of hydrogen-bond acceptors (Lipinski definition) is 1. The van der Waals surface area contributed by atoms with Crippen LogP contribution < -0.4 is 4.74 Å². The van der Waals surface area contributed by atoms with Crippen LogP contribution in [0, 0.1) is 0 Å². The summed E-state index contributed by atoms with van der Waals surface area (Å²) in [5.41, 5.74) is -1.26. The fourth-order valence-electron chi connectivity index (χ4n) is 2.58. The number of ether oxygens (including phenoxy) is 1. The van der Waals surface area contributed by atoms with E-state index in [2.05, 4.69) is 0 Å². The van der Waals surface area contributed by atoms with E-state index in [0.29, 0.717) is 0 Å². The topological polar surface area (TPSA) is 9.23 Å². The Balaban J connectivity index is 2.03. The zero-order chi connectivity index (χ0) is 20.5. The number of rotatable bonds is 4. The van der Waals surface area contributed by atoms with Crippen LogP contribution in [0.1, 0.15) is 5.56 Å². The monoisotopic (exact) mass is 432 g/mol. The molecule has 0 aliphatic rings. The molecule has 146 valence electrons. The maximum Gasteiger partial charge on any atom is 0.458 e. The van der Waals surface area contributed by atoms with Crippen LogP contribution in [0.3, 0.4) is 0 Å². The highest BCUT2D eigenvalue weighted by Crippen LogP contribution is 2.47. The predicted octanol–water partition coefficient (Wildman–Crippen LogP) is 8.11. The van der Waals surface area contributed by atoms with Gasteiger partial charge in [-0.05, 0) is 35.4 Å². The fourth-order valence-corrected chi connectivity index (χ4v) is 2.91. The molecule has 3 aromatic carbocycles. The molecule has 0 bridgehead atoms. The lowest BCUT2D eigenvalue weighted by Crippen LogP contribution is -2.34. The first kappa shape index (κ1) is 20.4. The molecule has 8 heteroatoms. The van der Waals surface area contributed by atoms with Crippen LogP contribution >= 0.6 is 23.2 Å². The highest BCUT2D eigenvalue weighted by Gasteiger charge is 2.59. The van der Waals surface area contributed by atoms with Crippen LogP contribution in [0.2, 0.25) is 10.0 Å². The second kappa shape index (κ2) is 7.60. The Morgan fingerprint density at radius 2 is 1.43 bits per heavy atom. The van der Waals surface area contributed by atoms with Crippen molar-refractivity contribution in [3.8, 4) is 22.6 Å². The molecule has 0 unspecified atom stereocenters. The molecule has 0 atom stereocenters. The molecule has 0 N–H and O–H groups in total. The Morgan fingerprint density at radius 1 is 0.750 bits per heavy atom. The average Bonchev–Trinajstić information content (AvgIpc) is 2.65. The summed E-state index contributed by atoms with van der Waals surface area (Å²) in [5, 5.41) is 0.407. The van der Waals surface area contributed by atoms with Crippen molar-refractivity contribution in [1.29, 1.82) is 0 Å². The van der Waals surface area contributed by atoms with E-state index >= 15 is 0 Å². The number of hydrogen-bond donors (Lipinski definition) is 0. The van der Waals surface area contributed by atoms with Crippen molar-refractivity contribution < 1.29 is 26.7 Å². The van der Waals surface area contributed by atoms with Gasteiger partial charge in [0.2, 0.25) is 0 Å². The molecule has 0 heterocycles. The van der Waals surface area contributed by atoms with Gasteiger partial charge < -0.3 is 4.74 Å². The summed E-state index contributed by atoms with van der Waals surface area (Å²) in [6.45, 7) is 0. The van der Waals surface area contributed by atoms with Crippen molar-refractivity contribution in [2.24, 2.45) is 0 Å². The van der Waals surface area contributed by atoms with Crippen LogP contribution in [0.4, 0.5) is 22.0 Å². The Labute approximate surface area is 167 Å². The van der Waals surface area contributed by atoms with Crippen molar-refractivity contribution in [2.75, 3.05) is 0 Å². The van der Waals surface area contributed by atoms with Crippen LogP contribution in [0.15, 0.2) is 66.7 Å². The summed E-state index contributed by atoms with van der Waals surface area (Å²) in [6.07, 6.45) is -5.72. The highest BCUT2D eigenvalue weighted by molar-refractivity contribution is 6.42. The first-order chi connectivity index (χ1) is 13.1. The zero-order valence-corrected chi connectivity index (χ0v) is 15.4. The van der Waals surface area contributed by atoms with Crippen molar-refractivity contribution in [1.82, 2.24) is 0 Å². The molecule has 0 radical (unpaired) electrons. The SMILES string of the molecule is FC(F)(F)C(F)(F)c1ccccc1-c1cccc(Oc2cccc(Cl)c2Cl)c1. The van der Waals surface area contributed by atoms with Crippen molar-refractivity contribution in [2.45, 2.75) is 12.1 Å². The van der Waals surface area contributed by atoms with E-state index in [1.165, 1.54) is 36.4 Å². The van der Waals surface area contributed by atoms with E-state index in [4.69, 9.17) is 27.9 Å². The lowest BCUT2D eigenvalue weighted by Gasteiger charge is -2.22. The van der Waals surface area contributed by atoms with Crippen LogP contribution in [-0.4, -0.2) is 6.18 Å². The summed E-state index contributed by atoms with van der Waals surface area (Å²) in [5.74, 6) is -4.58. The quantitative estimate of drug-likeness (QED) is 0.378. The third kappa shape index (κ3) is 3.93. The highest BCUT2D eigenvalue weighted by atomic mass is 35.5. The zero-order valence-electron chi connectivity index (χ0n) is 13.9. The molecule has 0 fully saturated rings. The molecule has 3 aromatic rings. The van der Waals surface area contributed by atoms with Gasteiger partial charge in [0.05, 0.1) is 5.02 Å². The number of benzene rings is 3. The molecule has 0 aliphatic heterocycles. The Bertz CT molecular complexity index is 1000. The molecule has 28 heavy (non-hydrogen) atoms. The van der Waals surface area contributed by atoms with Gasteiger partial charge in [-0.2, -0.15) is 22.0 Å². The Kier molecular flexibility index (Phi) is 5.55. The lowest BCUT2D eigenvalue weighted by atomic mass is 9.95. The van der Waals surface area contributed by atoms with Crippen LogP contribution in [0.5, 0.6) is 11.5 Å². The molecule has 0 aliphatic carbocycles. The van der Waals surface area contributed by atoms with Gasteiger partial charge in [0, 0.05) is 5.56 Å². The standard InChI is InChI=1S/C20H11Cl2F5O/c21-16-9-4-10-17(18(16)22)28-13-6-3-5-12(11-13)14-7-1-2-8-15(14)19(23,24)20(25,26)27/h1-11H. The van der Waals surface area contributed by atoms with E-state index in [1.807, 2.05) is 0 Å². The molecule has 0 amide bonds. The van der Waals surface area contributed by atoms with Crippen molar-refractivity contribution in [3.05, 3.63) is 82.3 Å². The third-order valence-electron chi connectivity index (χ3n) is 3.91. The summed E-state index contributed by atoms with van der Waals surface area (Å²) in [4.78, 5) is 0. The maximum absolute atomic E-state index is 14.0. The summed E-state index contributed by atoms with van der Waals surface area (Å²) in [6, 6.07) is 14.9. The molecule has 1 nitrogen and oxygen atoms in total. The van der Waals surface area contributed by atoms with Gasteiger partial charge in [0.25, 0.3) is 0 Å². The van der Waals surface area contributed by atoms with E-state index in [1.54, 1.807) is 18.2 Å². The minimum atomic E-state index is -5.72. The normalized spacial score (nSPS) is 12.1. The fraction of sp³-hybridized carbons (Fsp3) is 0.100. The summed E-state index contributed by atoms with van der Waals surface area (Å²) >= 11 is 12.0. The van der Waals surface area contributed by atoms with E-state index < -0.39 is 17.7 Å². The summed E-state index contributed by atoms with van der Waals surface area (Å²) < 4.78 is 72.1. The van der Waals surface area contributed by atoms with E-state index in [9.17, 15) is 22.0 Å². The Morgan fingerprint density at radius 3 is 2.14 bits per heavy atom. The van der Waals surface area contributed by atoms with Crippen LogP contribution in [-0.2, 0) is 5.92 Å². The van der Waals surface area contributed by atoms with Crippen LogP contribution in [0.25, 0.3) is 11.1 Å². The van der Waals surface area contributed by atoms with Gasteiger partial charge in [0.1, 0.15) is 16.5 Å². The Hall–Kier alpha value is -2.31. The third-order valence-corrected chi connectivity index (χ3v) is 4.71. The number of alkyl halides is 5. The van der Waals surface area contributed by atoms with Crippen molar-refractivity contribution in [3.63, 3.8) is 0 Å².